The molecule has 0 spiro atoms. The first kappa shape index (κ1) is 11.9. The van der Waals surface area contributed by atoms with Crippen LogP contribution in [0.1, 0.15) is 0 Å². The lowest BCUT2D eigenvalue weighted by atomic mass is 10.4. The van der Waals surface area contributed by atoms with Crippen LogP contribution in [0.15, 0.2) is 29.2 Å². The van der Waals surface area contributed by atoms with Gasteiger partial charge in [0.1, 0.15) is 5.82 Å². The summed E-state index contributed by atoms with van der Waals surface area (Å²) in [7, 11) is -3.46. The summed E-state index contributed by atoms with van der Waals surface area (Å²) in [4.78, 5) is 0.0868. The van der Waals surface area contributed by atoms with Crippen molar-refractivity contribution >= 4 is 32.6 Å². The minimum absolute atomic E-state index is 0.0868. The molecule has 0 atom stereocenters. The van der Waals surface area contributed by atoms with E-state index in [4.69, 9.17) is 0 Å². The number of sulfonamides is 1. The highest BCUT2D eigenvalue weighted by Gasteiger charge is 2.12. The fraction of sp³-hybridized carbons (Fsp3) is 0.250. The monoisotopic (exact) mass is 329 g/mol. The van der Waals surface area contributed by atoms with E-state index in [1.807, 2.05) is 0 Å². The molecule has 3 nitrogen and oxygen atoms in total. The molecule has 0 fully saturated rings. The van der Waals surface area contributed by atoms with Crippen LogP contribution in [-0.2, 0) is 10.0 Å². The molecule has 0 amide bonds. The van der Waals surface area contributed by atoms with Crippen molar-refractivity contribution in [1.82, 2.24) is 4.72 Å². The Labute approximate surface area is 95.9 Å². The average molecular weight is 329 g/mol. The van der Waals surface area contributed by atoms with Gasteiger partial charge in [0.15, 0.2) is 0 Å². The predicted molar refractivity (Wildman–Crippen MR) is 60.5 cm³/mol. The van der Waals surface area contributed by atoms with Crippen LogP contribution >= 0.6 is 22.6 Å². The fourth-order valence-electron chi connectivity index (χ4n) is 0.870. The van der Waals surface area contributed by atoms with Crippen LogP contribution in [0.5, 0.6) is 0 Å². The molecule has 0 unspecified atom stereocenters. The molecule has 0 radical (unpaired) electrons. The quantitative estimate of drug-likeness (QED) is 0.673. The van der Waals surface area contributed by atoms with E-state index in [9.17, 15) is 12.8 Å². The van der Waals surface area contributed by atoms with E-state index in [1.165, 1.54) is 12.1 Å². The average Bonchev–Trinajstić information content (AvgIpc) is 2.16. The largest absolute Gasteiger partial charge is 0.240 e. The first-order valence-electron chi connectivity index (χ1n) is 3.87. The lowest BCUT2D eigenvalue weighted by Gasteiger charge is -2.04. The van der Waals surface area contributed by atoms with Gasteiger partial charge in [-0.25, -0.2) is 17.5 Å². The van der Waals surface area contributed by atoms with Crippen LogP contribution in [-0.4, -0.2) is 19.4 Å². The molecule has 0 aliphatic carbocycles. The third-order valence-corrected chi connectivity index (χ3v) is 3.53. The third kappa shape index (κ3) is 3.18. The molecule has 1 aromatic rings. The summed E-state index contributed by atoms with van der Waals surface area (Å²) in [6, 6.07) is 4.73. The van der Waals surface area contributed by atoms with Crippen molar-refractivity contribution in [3.05, 3.63) is 30.1 Å². The zero-order valence-corrected chi connectivity index (χ0v) is 10.2. The molecule has 1 N–H and O–H groups in total. The molecule has 14 heavy (non-hydrogen) atoms. The van der Waals surface area contributed by atoms with Crippen molar-refractivity contribution in [2.45, 2.75) is 4.90 Å². The van der Waals surface area contributed by atoms with Gasteiger partial charge in [0.25, 0.3) is 0 Å². The molecule has 0 saturated heterocycles. The minimum atomic E-state index is -3.46. The summed E-state index contributed by atoms with van der Waals surface area (Å²) in [5.74, 6) is -0.446. The topological polar surface area (TPSA) is 46.2 Å². The Hall–Kier alpha value is -0.210. The molecule has 0 aliphatic rings. The molecular formula is C8H9FINO2S. The third-order valence-electron chi connectivity index (χ3n) is 1.51. The highest BCUT2D eigenvalue weighted by atomic mass is 127. The van der Waals surface area contributed by atoms with Crippen molar-refractivity contribution in [3.63, 3.8) is 0 Å². The number of alkyl halides is 1. The van der Waals surface area contributed by atoms with E-state index in [0.717, 1.165) is 12.1 Å². The van der Waals surface area contributed by atoms with Gasteiger partial charge in [-0.05, 0) is 24.3 Å². The van der Waals surface area contributed by atoms with Gasteiger partial charge < -0.3 is 0 Å². The van der Waals surface area contributed by atoms with E-state index in [1.54, 1.807) is 0 Å². The van der Waals surface area contributed by atoms with Gasteiger partial charge in [-0.1, -0.05) is 22.6 Å². The van der Waals surface area contributed by atoms with Crippen LogP contribution < -0.4 is 4.72 Å². The van der Waals surface area contributed by atoms with Crippen molar-refractivity contribution in [1.29, 1.82) is 0 Å². The van der Waals surface area contributed by atoms with Crippen LogP contribution in [0.2, 0.25) is 0 Å². The minimum Gasteiger partial charge on any atom is -0.210 e. The smallest absolute Gasteiger partial charge is 0.210 e. The molecule has 0 aliphatic heterocycles. The van der Waals surface area contributed by atoms with Gasteiger partial charge in [0.05, 0.1) is 4.90 Å². The summed E-state index contributed by atoms with van der Waals surface area (Å²) in [6.07, 6.45) is 0. The molecule has 0 bridgehead atoms. The van der Waals surface area contributed by atoms with Crippen molar-refractivity contribution in [2.75, 3.05) is 11.0 Å². The molecule has 0 heterocycles. The van der Waals surface area contributed by atoms with E-state index in [0.29, 0.717) is 11.0 Å². The molecule has 1 aromatic carbocycles. The Morgan fingerprint density at radius 3 is 2.36 bits per heavy atom. The van der Waals surface area contributed by atoms with Crippen LogP contribution in [0.3, 0.4) is 0 Å². The van der Waals surface area contributed by atoms with Gasteiger partial charge in [0, 0.05) is 11.0 Å². The zero-order chi connectivity index (χ0) is 10.6. The molecule has 0 aromatic heterocycles. The van der Waals surface area contributed by atoms with Crippen molar-refractivity contribution in [3.8, 4) is 0 Å². The predicted octanol–water partition coefficient (Wildman–Crippen LogP) is 1.54. The summed E-state index contributed by atoms with van der Waals surface area (Å²) in [5.41, 5.74) is 0. The molecule has 0 saturated carbocycles. The second-order valence-corrected chi connectivity index (χ2v) is 5.39. The lowest BCUT2D eigenvalue weighted by molar-refractivity contribution is 0.583. The van der Waals surface area contributed by atoms with Gasteiger partial charge in [-0.15, -0.1) is 0 Å². The summed E-state index contributed by atoms with van der Waals surface area (Å²) < 4.78 is 38.5. The first-order valence-corrected chi connectivity index (χ1v) is 6.88. The maximum Gasteiger partial charge on any atom is 0.240 e. The highest BCUT2D eigenvalue weighted by Crippen LogP contribution is 2.09. The lowest BCUT2D eigenvalue weighted by Crippen LogP contribution is -2.25. The summed E-state index contributed by atoms with van der Waals surface area (Å²) in [5, 5.41) is 0. The van der Waals surface area contributed by atoms with Crippen molar-refractivity contribution < 1.29 is 12.8 Å². The Kier molecular flexibility index (Phi) is 4.27. The number of rotatable bonds is 4. The molecule has 78 valence electrons. The van der Waals surface area contributed by atoms with Gasteiger partial charge in [-0.3, -0.25) is 0 Å². The number of nitrogens with one attached hydrogen (secondary N) is 1. The number of benzene rings is 1. The second-order valence-electron chi connectivity index (χ2n) is 2.54. The Morgan fingerprint density at radius 1 is 1.29 bits per heavy atom. The van der Waals surface area contributed by atoms with Gasteiger partial charge >= 0.3 is 0 Å². The molecule has 1 rings (SSSR count). The number of hydrogen-bond donors (Lipinski definition) is 1. The van der Waals surface area contributed by atoms with Gasteiger partial charge in [-0.2, -0.15) is 0 Å². The standard InChI is InChI=1S/C8H9FINO2S/c9-7-1-3-8(4-2-7)14(12,13)11-6-5-10/h1-4,11H,5-6H2. The van der Waals surface area contributed by atoms with Crippen LogP contribution in [0.25, 0.3) is 0 Å². The number of hydrogen-bond acceptors (Lipinski definition) is 2. The Bertz CT molecular complexity index is 390. The summed E-state index contributed by atoms with van der Waals surface area (Å²) in [6.45, 7) is 0.375. The molecular weight excluding hydrogens is 320 g/mol. The maximum atomic E-state index is 12.5. The summed E-state index contributed by atoms with van der Waals surface area (Å²) >= 11 is 2.07. The van der Waals surface area contributed by atoms with Gasteiger partial charge in [0.2, 0.25) is 10.0 Å². The van der Waals surface area contributed by atoms with Crippen LogP contribution in [0, 0.1) is 5.82 Å². The zero-order valence-electron chi connectivity index (χ0n) is 7.20. The maximum absolute atomic E-state index is 12.5. The SMILES string of the molecule is O=S(=O)(NCCI)c1ccc(F)cc1. The first-order chi connectivity index (χ1) is 6.56. The number of halogens is 2. The van der Waals surface area contributed by atoms with Crippen LogP contribution in [0.4, 0.5) is 4.39 Å². The normalized spacial score (nSPS) is 11.6. The van der Waals surface area contributed by atoms with Crippen molar-refractivity contribution in [2.24, 2.45) is 0 Å². The second kappa shape index (κ2) is 5.04. The van der Waals surface area contributed by atoms with E-state index in [-0.39, 0.29) is 4.90 Å². The van der Waals surface area contributed by atoms with E-state index in [2.05, 4.69) is 27.3 Å². The van der Waals surface area contributed by atoms with E-state index < -0.39 is 15.8 Å². The molecule has 6 heteroatoms. The Balaban J connectivity index is 2.87. The van der Waals surface area contributed by atoms with E-state index >= 15 is 0 Å². The Morgan fingerprint density at radius 2 is 1.86 bits per heavy atom. The fourth-order valence-corrected chi connectivity index (χ4v) is 2.54. The highest BCUT2D eigenvalue weighted by molar-refractivity contribution is 14.1.